The van der Waals surface area contributed by atoms with Crippen molar-refractivity contribution >= 4 is 12.1 Å². The summed E-state index contributed by atoms with van der Waals surface area (Å²) < 4.78 is 11.3. The van der Waals surface area contributed by atoms with Gasteiger partial charge in [0.2, 0.25) is 0 Å². The van der Waals surface area contributed by atoms with E-state index in [-0.39, 0.29) is 11.3 Å². The molecule has 0 aliphatic heterocycles. The number of carbonyl (C=O) groups excluding carboxylic acids is 1. The van der Waals surface area contributed by atoms with Crippen molar-refractivity contribution in [2.45, 2.75) is 26.7 Å². The molecule has 1 amide bonds. The van der Waals surface area contributed by atoms with Gasteiger partial charge in [0.05, 0.1) is 25.0 Å². The highest BCUT2D eigenvalue weighted by Gasteiger charge is 2.09. The number of hydrogen-bond donors (Lipinski definition) is 2. The van der Waals surface area contributed by atoms with Crippen molar-refractivity contribution in [2.24, 2.45) is 5.10 Å². The van der Waals surface area contributed by atoms with Crippen LogP contribution in [0.25, 0.3) is 0 Å². The van der Waals surface area contributed by atoms with Gasteiger partial charge >= 0.3 is 0 Å². The highest BCUT2D eigenvalue weighted by atomic mass is 16.5. The van der Waals surface area contributed by atoms with E-state index < -0.39 is 5.91 Å². The molecule has 0 spiro atoms. The number of hydrazone groups is 1. The lowest BCUT2D eigenvalue weighted by Crippen LogP contribution is -2.17. The van der Waals surface area contributed by atoms with Gasteiger partial charge in [0.15, 0.2) is 11.5 Å². The fraction of sp³-hybridized carbons (Fsp3) is 0.300. The van der Waals surface area contributed by atoms with Gasteiger partial charge in [-0.1, -0.05) is 25.5 Å². The molecule has 6 nitrogen and oxygen atoms in total. The van der Waals surface area contributed by atoms with Crippen LogP contribution >= 0.6 is 0 Å². The van der Waals surface area contributed by atoms with Crippen LogP contribution in [0.3, 0.4) is 0 Å². The topological polar surface area (TPSA) is 80.2 Å². The average Bonchev–Trinajstić information content (AvgIpc) is 2.64. The van der Waals surface area contributed by atoms with Crippen molar-refractivity contribution in [3.63, 3.8) is 0 Å². The Labute approximate surface area is 153 Å². The molecule has 0 aromatic heterocycles. The van der Waals surface area contributed by atoms with E-state index in [1.165, 1.54) is 18.3 Å². The number of hydrogen-bond acceptors (Lipinski definition) is 5. The summed E-state index contributed by atoms with van der Waals surface area (Å²) in [7, 11) is 0. The van der Waals surface area contributed by atoms with Gasteiger partial charge in [-0.25, -0.2) is 5.43 Å². The summed E-state index contributed by atoms with van der Waals surface area (Å²) >= 11 is 0. The van der Waals surface area contributed by atoms with E-state index >= 15 is 0 Å². The van der Waals surface area contributed by atoms with Gasteiger partial charge in [0.25, 0.3) is 5.91 Å². The first kappa shape index (κ1) is 19.3. The molecule has 2 aromatic carbocycles. The normalized spacial score (nSPS) is 10.7. The van der Waals surface area contributed by atoms with Crippen molar-refractivity contribution in [3.8, 4) is 17.2 Å². The molecule has 0 saturated carbocycles. The number of amides is 1. The molecule has 0 aliphatic rings. The lowest BCUT2D eigenvalue weighted by molar-refractivity contribution is 0.0952. The van der Waals surface area contributed by atoms with Crippen LogP contribution in [0.5, 0.6) is 17.2 Å². The molecule has 2 N–H and O–H groups in total. The highest BCUT2D eigenvalue weighted by Crippen LogP contribution is 2.28. The third kappa shape index (κ3) is 5.51. The lowest BCUT2D eigenvalue weighted by atomic mass is 10.2. The minimum absolute atomic E-state index is 0.0904. The Kier molecular flexibility index (Phi) is 7.49. The molecule has 0 radical (unpaired) electrons. The molecule has 6 heteroatoms. The molecule has 0 heterocycles. The van der Waals surface area contributed by atoms with E-state index in [4.69, 9.17) is 9.47 Å². The zero-order valence-electron chi connectivity index (χ0n) is 15.1. The molecule has 138 valence electrons. The number of nitrogens with zero attached hydrogens (tertiary/aromatic N) is 1. The molecule has 2 aromatic rings. The number of carbonyl (C=O) groups is 1. The number of unbranched alkanes of at least 4 members (excludes halogenated alkanes) is 1. The van der Waals surface area contributed by atoms with E-state index in [0.29, 0.717) is 24.7 Å². The first-order valence-electron chi connectivity index (χ1n) is 8.66. The quantitative estimate of drug-likeness (QED) is 0.407. The Morgan fingerprint density at radius 1 is 1.15 bits per heavy atom. The van der Waals surface area contributed by atoms with Crippen LogP contribution in [0.4, 0.5) is 0 Å². The number of phenols is 1. The summed E-state index contributed by atoms with van der Waals surface area (Å²) in [6.07, 6.45) is 3.55. The molecule has 0 aliphatic carbocycles. The van der Waals surface area contributed by atoms with Gasteiger partial charge in [-0.3, -0.25) is 4.79 Å². The second-order valence-corrected chi connectivity index (χ2v) is 5.56. The van der Waals surface area contributed by atoms with Crippen LogP contribution in [0.15, 0.2) is 47.6 Å². The summed E-state index contributed by atoms with van der Waals surface area (Å²) in [5.74, 6) is 0.756. The maximum atomic E-state index is 12.0. The van der Waals surface area contributed by atoms with Crippen molar-refractivity contribution in [1.29, 1.82) is 0 Å². The van der Waals surface area contributed by atoms with Gasteiger partial charge in [-0.15, -0.1) is 0 Å². The number of nitrogens with one attached hydrogen (secondary N) is 1. The molecule has 2 rings (SSSR count). The van der Waals surface area contributed by atoms with Crippen LogP contribution in [-0.4, -0.2) is 30.4 Å². The maximum absolute atomic E-state index is 12.0. The van der Waals surface area contributed by atoms with E-state index in [1.54, 1.807) is 18.2 Å². The van der Waals surface area contributed by atoms with Gasteiger partial charge < -0.3 is 14.6 Å². The Balaban J connectivity index is 2.04. The predicted octanol–water partition coefficient (Wildman–Crippen LogP) is 3.73. The molecular formula is C20H24N2O4. The summed E-state index contributed by atoms with van der Waals surface area (Å²) in [6, 6.07) is 11.8. The van der Waals surface area contributed by atoms with Gasteiger partial charge in [-0.2, -0.15) is 5.10 Å². The number of para-hydroxylation sites is 1. The van der Waals surface area contributed by atoms with E-state index in [2.05, 4.69) is 17.5 Å². The van der Waals surface area contributed by atoms with Crippen molar-refractivity contribution in [1.82, 2.24) is 5.43 Å². The Morgan fingerprint density at radius 3 is 2.69 bits per heavy atom. The number of rotatable bonds is 9. The van der Waals surface area contributed by atoms with Crippen molar-refractivity contribution < 1.29 is 19.4 Å². The van der Waals surface area contributed by atoms with E-state index in [0.717, 1.165) is 18.4 Å². The minimum Gasteiger partial charge on any atom is -0.507 e. The third-order valence-electron chi connectivity index (χ3n) is 3.55. The number of aromatic hydroxyl groups is 1. The van der Waals surface area contributed by atoms with Crippen molar-refractivity contribution in [2.75, 3.05) is 13.2 Å². The standard InChI is InChI=1S/C20H24N2O4/c1-3-5-12-26-18-11-10-15(13-19(18)25-4-2)14-21-22-20(24)16-8-6-7-9-17(16)23/h6-11,13-14,23H,3-5,12H2,1-2H3,(H,22,24)/b21-14-. The highest BCUT2D eigenvalue weighted by molar-refractivity contribution is 5.97. The van der Waals surface area contributed by atoms with Gasteiger partial charge in [0, 0.05) is 0 Å². The minimum atomic E-state index is -0.482. The molecule has 0 saturated heterocycles. The van der Waals surface area contributed by atoms with Gasteiger partial charge in [0.1, 0.15) is 5.75 Å². The van der Waals surface area contributed by atoms with Crippen LogP contribution < -0.4 is 14.9 Å². The number of ether oxygens (including phenoxy) is 2. The van der Waals surface area contributed by atoms with Crippen LogP contribution in [0, 0.1) is 0 Å². The largest absolute Gasteiger partial charge is 0.507 e. The second kappa shape index (κ2) is 10.1. The molecule has 0 fully saturated rings. The zero-order chi connectivity index (χ0) is 18.8. The molecule has 0 bridgehead atoms. The smallest absolute Gasteiger partial charge is 0.275 e. The van der Waals surface area contributed by atoms with Crippen molar-refractivity contribution in [3.05, 3.63) is 53.6 Å². The molecule has 26 heavy (non-hydrogen) atoms. The van der Waals surface area contributed by atoms with Crippen LogP contribution in [0.1, 0.15) is 42.6 Å². The first-order chi connectivity index (χ1) is 12.7. The summed E-state index contributed by atoms with van der Waals surface area (Å²) in [5, 5.41) is 13.6. The Hall–Kier alpha value is -3.02. The SMILES string of the molecule is CCCCOc1ccc(/C=N\NC(=O)c2ccccc2O)cc1OCC. The summed E-state index contributed by atoms with van der Waals surface area (Å²) in [6.45, 7) is 5.17. The van der Waals surface area contributed by atoms with Crippen LogP contribution in [-0.2, 0) is 0 Å². The number of phenolic OH excluding ortho intramolecular Hbond substituents is 1. The molecule has 0 atom stereocenters. The maximum Gasteiger partial charge on any atom is 0.275 e. The summed E-state index contributed by atoms with van der Waals surface area (Å²) in [5.41, 5.74) is 3.32. The van der Waals surface area contributed by atoms with Gasteiger partial charge in [-0.05, 0) is 49.2 Å². The summed E-state index contributed by atoms with van der Waals surface area (Å²) in [4.78, 5) is 12.0. The Bertz CT molecular complexity index is 759. The second-order valence-electron chi connectivity index (χ2n) is 5.56. The monoisotopic (exact) mass is 356 g/mol. The lowest BCUT2D eigenvalue weighted by Gasteiger charge is -2.12. The zero-order valence-corrected chi connectivity index (χ0v) is 15.1. The first-order valence-corrected chi connectivity index (χ1v) is 8.66. The third-order valence-corrected chi connectivity index (χ3v) is 3.55. The van der Waals surface area contributed by atoms with E-state index in [9.17, 15) is 9.90 Å². The molecular weight excluding hydrogens is 332 g/mol. The fourth-order valence-corrected chi connectivity index (χ4v) is 2.21. The van der Waals surface area contributed by atoms with E-state index in [1.807, 2.05) is 19.1 Å². The number of benzene rings is 2. The fourth-order valence-electron chi connectivity index (χ4n) is 2.21. The predicted molar refractivity (Wildman–Crippen MR) is 101 cm³/mol. The molecule has 0 unspecified atom stereocenters. The van der Waals surface area contributed by atoms with Crippen LogP contribution in [0.2, 0.25) is 0 Å². The average molecular weight is 356 g/mol. The Morgan fingerprint density at radius 2 is 1.96 bits per heavy atom.